The van der Waals surface area contributed by atoms with Crippen molar-refractivity contribution in [3.05, 3.63) is 46.6 Å². The largest absolute Gasteiger partial charge is 0.357 e. The third-order valence-electron chi connectivity index (χ3n) is 4.05. The number of nitro groups is 1. The maximum atomic E-state index is 11.6. The smallest absolute Gasteiger partial charge is 0.293 e. The molecule has 0 amide bonds. The fourth-order valence-electron chi connectivity index (χ4n) is 2.75. The Morgan fingerprint density at radius 1 is 1.20 bits per heavy atom. The van der Waals surface area contributed by atoms with E-state index in [9.17, 15) is 18.5 Å². The summed E-state index contributed by atoms with van der Waals surface area (Å²) in [5.41, 5.74) is 0.512. The van der Waals surface area contributed by atoms with Gasteiger partial charge in [0.05, 0.1) is 21.7 Å². The molecule has 1 fully saturated rings. The third kappa shape index (κ3) is 3.87. The van der Waals surface area contributed by atoms with E-state index in [1.807, 2.05) is 6.07 Å². The quantitative estimate of drug-likeness (QED) is 0.644. The molecule has 8 nitrogen and oxygen atoms in total. The van der Waals surface area contributed by atoms with E-state index in [-0.39, 0.29) is 16.3 Å². The number of sulfone groups is 1. The molecule has 1 aliphatic rings. The highest BCUT2D eigenvalue weighted by molar-refractivity contribution is 7.90. The lowest BCUT2D eigenvalue weighted by molar-refractivity contribution is -0.384. The van der Waals surface area contributed by atoms with Crippen LogP contribution >= 0.6 is 0 Å². The number of anilines is 3. The maximum Gasteiger partial charge on any atom is 0.293 e. The number of nitro benzene ring substituents is 1. The monoisotopic (exact) mass is 362 g/mol. The van der Waals surface area contributed by atoms with Crippen LogP contribution in [0.15, 0.2) is 41.4 Å². The highest BCUT2D eigenvalue weighted by atomic mass is 32.2. The van der Waals surface area contributed by atoms with E-state index in [2.05, 4.69) is 15.2 Å². The molecule has 1 N–H and O–H groups in total. The number of hydrogen-bond donors (Lipinski definition) is 1. The predicted molar refractivity (Wildman–Crippen MR) is 95.2 cm³/mol. The van der Waals surface area contributed by atoms with Crippen molar-refractivity contribution >= 4 is 32.7 Å². The molecule has 0 unspecified atom stereocenters. The second-order valence-electron chi connectivity index (χ2n) is 5.93. The van der Waals surface area contributed by atoms with Crippen LogP contribution in [0.1, 0.15) is 12.8 Å². The van der Waals surface area contributed by atoms with Gasteiger partial charge in [-0.25, -0.2) is 13.4 Å². The molecule has 1 aliphatic heterocycles. The van der Waals surface area contributed by atoms with Gasteiger partial charge in [0.2, 0.25) is 0 Å². The van der Waals surface area contributed by atoms with E-state index in [0.717, 1.165) is 44.1 Å². The second kappa shape index (κ2) is 6.67. The minimum Gasteiger partial charge on any atom is -0.357 e. The Balaban J connectivity index is 1.85. The molecule has 2 heterocycles. The third-order valence-corrected chi connectivity index (χ3v) is 5.16. The van der Waals surface area contributed by atoms with E-state index in [1.165, 1.54) is 12.1 Å². The van der Waals surface area contributed by atoms with Crippen LogP contribution in [0, 0.1) is 10.1 Å². The normalized spacial score (nSPS) is 14.5. The lowest BCUT2D eigenvalue weighted by Gasteiger charge is -2.16. The van der Waals surface area contributed by atoms with Crippen molar-refractivity contribution in [1.29, 1.82) is 0 Å². The molecule has 0 bridgehead atoms. The van der Waals surface area contributed by atoms with Crippen molar-refractivity contribution in [3.8, 4) is 0 Å². The number of nitrogens with zero attached hydrogens (tertiary/aromatic N) is 3. The summed E-state index contributed by atoms with van der Waals surface area (Å²) in [5.74, 6) is 0.880. The molecule has 0 atom stereocenters. The van der Waals surface area contributed by atoms with Crippen molar-refractivity contribution in [2.45, 2.75) is 17.7 Å². The first kappa shape index (κ1) is 17.2. The van der Waals surface area contributed by atoms with Crippen LogP contribution < -0.4 is 10.2 Å². The zero-order valence-electron chi connectivity index (χ0n) is 13.7. The summed E-state index contributed by atoms with van der Waals surface area (Å²) in [4.78, 5) is 17.1. The van der Waals surface area contributed by atoms with Gasteiger partial charge < -0.3 is 10.2 Å². The number of hydrogen-bond acceptors (Lipinski definition) is 7. The van der Waals surface area contributed by atoms with Crippen LogP contribution in [0.5, 0.6) is 0 Å². The Morgan fingerprint density at radius 2 is 1.92 bits per heavy atom. The number of aromatic nitrogens is 1. The van der Waals surface area contributed by atoms with Crippen LogP contribution in [-0.2, 0) is 9.84 Å². The lowest BCUT2D eigenvalue weighted by atomic mass is 10.2. The Labute approximate surface area is 145 Å². The van der Waals surface area contributed by atoms with E-state index in [4.69, 9.17) is 0 Å². The molecule has 0 aliphatic carbocycles. The van der Waals surface area contributed by atoms with Gasteiger partial charge in [-0.3, -0.25) is 10.1 Å². The van der Waals surface area contributed by atoms with Gasteiger partial charge in [-0.05, 0) is 37.1 Å². The first-order valence-corrected chi connectivity index (χ1v) is 9.70. The Kier molecular flexibility index (Phi) is 4.58. The second-order valence-corrected chi connectivity index (χ2v) is 7.95. The minimum absolute atomic E-state index is 0.0905. The molecule has 1 saturated heterocycles. The van der Waals surface area contributed by atoms with Crippen LogP contribution in [-0.4, -0.2) is 37.7 Å². The molecule has 25 heavy (non-hydrogen) atoms. The molecule has 0 radical (unpaired) electrons. The fraction of sp³-hybridized carbons (Fsp3) is 0.312. The number of nitrogens with one attached hydrogen (secondary N) is 1. The highest BCUT2D eigenvalue weighted by Crippen LogP contribution is 2.30. The van der Waals surface area contributed by atoms with Crippen molar-refractivity contribution in [2.75, 3.05) is 29.6 Å². The Bertz CT molecular complexity index is 891. The van der Waals surface area contributed by atoms with Gasteiger partial charge in [-0.1, -0.05) is 0 Å². The van der Waals surface area contributed by atoms with E-state index in [0.29, 0.717) is 5.69 Å². The highest BCUT2D eigenvalue weighted by Gasteiger charge is 2.19. The van der Waals surface area contributed by atoms with E-state index in [1.54, 1.807) is 12.3 Å². The molecule has 1 aromatic carbocycles. The summed E-state index contributed by atoms with van der Waals surface area (Å²) >= 11 is 0. The first-order valence-electron chi connectivity index (χ1n) is 7.81. The summed E-state index contributed by atoms with van der Waals surface area (Å²) in [5, 5.41) is 14.2. The molecule has 3 rings (SSSR count). The van der Waals surface area contributed by atoms with Crippen LogP contribution in [0.3, 0.4) is 0 Å². The van der Waals surface area contributed by atoms with Crippen LogP contribution in [0.25, 0.3) is 0 Å². The zero-order valence-corrected chi connectivity index (χ0v) is 14.5. The molecular weight excluding hydrogens is 344 g/mol. The summed E-state index contributed by atoms with van der Waals surface area (Å²) in [6.07, 6.45) is 4.93. The van der Waals surface area contributed by atoms with Gasteiger partial charge in [0.25, 0.3) is 5.69 Å². The molecule has 9 heteroatoms. The summed E-state index contributed by atoms with van der Waals surface area (Å²) < 4.78 is 23.2. The minimum atomic E-state index is -3.51. The molecule has 0 saturated carbocycles. The molecule has 1 aromatic heterocycles. The Morgan fingerprint density at radius 3 is 2.48 bits per heavy atom. The number of pyridine rings is 1. The molecule has 0 spiro atoms. The molecule has 132 valence electrons. The Hall–Kier alpha value is -2.68. The average molecular weight is 362 g/mol. The van der Waals surface area contributed by atoms with Crippen molar-refractivity contribution in [1.82, 2.24) is 4.98 Å². The van der Waals surface area contributed by atoms with Crippen molar-refractivity contribution < 1.29 is 13.3 Å². The van der Waals surface area contributed by atoms with Crippen LogP contribution in [0.2, 0.25) is 0 Å². The van der Waals surface area contributed by atoms with Gasteiger partial charge in [-0.15, -0.1) is 0 Å². The van der Waals surface area contributed by atoms with E-state index >= 15 is 0 Å². The van der Waals surface area contributed by atoms with Crippen molar-refractivity contribution in [3.63, 3.8) is 0 Å². The average Bonchev–Trinajstić information content (AvgIpc) is 3.09. The molecular formula is C16H18N4O4S. The van der Waals surface area contributed by atoms with Gasteiger partial charge in [0.1, 0.15) is 11.5 Å². The zero-order chi connectivity index (χ0) is 18.0. The lowest BCUT2D eigenvalue weighted by Crippen LogP contribution is -2.18. The van der Waals surface area contributed by atoms with Crippen LogP contribution in [0.4, 0.5) is 22.9 Å². The molecule has 2 aromatic rings. The fourth-order valence-corrected chi connectivity index (χ4v) is 3.39. The SMILES string of the molecule is CS(=O)(=O)c1ccc(Nc2ccc(N3CCCC3)nc2)c([N+](=O)[O-])c1. The standard InChI is InChI=1S/C16H18N4O4S/c1-25(23,24)13-5-6-14(15(10-13)20(21)22)18-12-4-7-16(17-11-12)19-8-2-3-9-19/h4-7,10-11,18H,2-3,8-9H2,1H3. The number of benzene rings is 1. The van der Waals surface area contributed by atoms with Gasteiger partial charge >= 0.3 is 0 Å². The summed E-state index contributed by atoms with van der Waals surface area (Å²) in [7, 11) is -3.51. The van der Waals surface area contributed by atoms with E-state index < -0.39 is 14.8 Å². The topological polar surface area (TPSA) is 105 Å². The van der Waals surface area contributed by atoms with Crippen molar-refractivity contribution in [2.24, 2.45) is 0 Å². The maximum absolute atomic E-state index is 11.6. The summed E-state index contributed by atoms with van der Waals surface area (Å²) in [6, 6.07) is 7.46. The van der Waals surface area contributed by atoms with Gasteiger partial charge in [0.15, 0.2) is 9.84 Å². The van der Waals surface area contributed by atoms with Gasteiger partial charge in [0, 0.05) is 25.4 Å². The predicted octanol–water partition coefficient (Wildman–Crippen LogP) is 2.74. The first-order chi connectivity index (χ1) is 11.8. The summed E-state index contributed by atoms with van der Waals surface area (Å²) in [6.45, 7) is 1.97. The number of rotatable bonds is 5. The van der Waals surface area contributed by atoms with Gasteiger partial charge in [-0.2, -0.15) is 0 Å².